The van der Waals surface area contributed by atoms with Crippen molar-refractivity contribution in [2.75, 3.05) is 6.61 Å². The number of hydrogen-bond acceptors (Lipinski definition) is 8. The van der Waals surface area contributed by atoms with E-state index in [0.717, 1.165) is 0 Å². The summed E-state index contributed by atoms with van der Waals surface area (Å²) in [7, 11) is 0. The predicted octanol–water partition coefficient (Wildman–Crippen LogP) is -2.71. The molecule has 0 saturated heterocycles. The number of carbonyl (C=O) groups excluding carboxylic acids is 3. The van der Waals surface area contributed by atoms with E-state index in [1.165, 1.54) is 31.2 Å². The largest absolute Gasteiger partial charge is 0.508 e. The Morgan fingerprint density at radius 1 is 0.906 bits per heavy atom. The Hall–Kier alpha value is -3.71. The molecule has 0 aliphatic carbocycles. The molecule has 0 saturated carbocycles. The molecule has 1 aromatic carbocycles. The number of aliphatic hydroxyl groups is 1. The molecule has 0 bridgehead atoms. The third-order valence-electron chi connectivity index (χ3n) is 4.29. The van der Waals surface area contributed by atoms with Crippen LogP contribution in [0.2, 0.25) is 0 Å². The molecule has 4 unspecified atom stereocenters. The Labute approximate surface area is 182 Å². The van der Waals surface area contributed by atoms with Crippen LogP contribution in [0.1, 0.15) is 18.9 Å². The second-order valence-electron chi connectivity index (χ2n) is 6.95. The molecule has 0 aromatic heterocycles. The summed E-state index contributed by atoms with van der Waals surface area (Å²) in [6, 6.07) is 0.134. The Kier molecular flexibility index (Phi) is 10.1. The van der Waals surface area contributed by atoms with Gasteiger partial charge in [-0.05, 0) is 24.6 Å². The van der Waals surface area contributed by atoms with Crippen LogP contribution in [0.25, 0.3) is 0 Å². The number of carboxylic acids is 2. The van der Waals surface area contributed by atoms with Crippen LogP contribution < -0.4 is 21.7 Å². The minimum Gasteiger partial charge on any atom is -0.508 e. The standard InChI is InChI=1S/C19H26N4O9/c1-9(21-17(29)12(20)8-24)16(28)22-13(6-10-2-4-11(25)5-3-10)18(30)23-14(19(31)32)7-15(26)27/h2-5,9,12-14,24-25H,6-8,20H2,1H3,(H,21,29)(H,22,28)(H,23,30)(H,26,27)(H,31,32). The number of hydrogen-bond donors (Lipinski definition) is 8. The summed E-state index contributed by atoms with van der Waals surface area (Å²) in [4.78, 5) is 59.0. The highest BCUT2D eigenvalue weighted by molar-refractivity contribution is 5.94. The molecule has 9 N–H and O–H groups in total. The van der Waals surface area contributed by atoms with Crippen molar-refractivity contribution in [3.05, 3.63) is 29.8 Å². The monoisotopic (exact) mass is 454 g/mol. The molecule has 1 rings (SSSR count). The van der Waals surface area contributed by atoms with Gasteiger partial charge in [0.25, 0.3) is 0 Å². The number of carbonyl (C=O) groups is 5. The summed E-state index contributed by atoms with van der Waals surface area (Å²) < 4.78 is 0. The van der Waals surface area contributed by atoms with Crippen molar-refractivity contribution in [2.24, 2.45) is 5.73 Å². The van der Waals surface area contributed by atoms with Crippen LogP contribution in [-0.4, -0.2) is 80.9 Å². The third kappa shape index (κ3) is 8.57. The maximum atomic E-state index is 12.7. The first-order valence-corrected chi connectivity index (χ1v) is 9.44. The van der Waals surface area contributed by atoms with E-state index in [1.807, 2.05) is 0 Å². The van der Waals surface area contributed by atoms with Gasteiger partial charge in [0.2, 0.25) is 17.7 Å². The normalized spacial score (nSPS) is 14.3. The summed E-state index contributed by atoms with van der Waals surface area (Å²) in [5.41, 5.74) is 5.86. The average Bonchev–Trinajstić information content (AvgIpc) is 2.72. The van der Waals surface area contributed by atoms with Crippen LogP contribution >= 0.6 is 0 Å². The van der Waals surface area contributed by atoms with Gasteiger partial charge in [0.1, 0.15) is 29.9 Å². The van der Waals surface area contributed by atoms with Gasteiger partial charge in [-0.15, -0.1) is 0 Å². The molecule has 13 nitrogen and oxygen atoms in total. The van der Waals surface area contributed by atoms with Crippen molar-refractivity contribution in [3.8, 4) is 5.75 Å². The SMILES string of the molecule is CC(NC(=O)C(N)CO)C(=O)NC(Cc1ccc(O)cc1)C(=O)NC(CC(=O)O)C(=O)O. The molecule has 176 valence electrons. The van der Waals surface area contributed by atoms with Gasteiger partial charge >= 0.3 is 11.9 Å². The van der Waals surface area contributed by atoms with E-state index in [1.54, 1.807) is 0 Å². The lowest BCUT2D eigenvalue weighted by Gasteiger charge is -2.23. The van der Waals surface area contributed by atoms with Crippen LogP contribution in [0.3, 0.4) is 0 Å². The molecule has 1 aromatic rings. The van der Waals surface area contributed by atoms with Crippen LogP contribution in [0, 0.1) is 0 Å². The van der Waals surface area contributed by atoms with Crippen molar-refractivity contribution in [3.63, 3.8) is 0 Å². The van der Waals surface area contributed by atoms with Gasteiger partial charge in [0, 0.05) is 6.42 Å². The molecule has 0 heterocycles. The van der Waals surface area contributed by atoms with E-state index in [-0.39, 0.29) is 12.2 Å². The van der Waals surface area contributed by atoms with Gasteiger partial charge in [0.15, 0.2) is 0 Å². The summed E-state index contributed by atoms with van der Waals surface area (Å²) in [6.45, 7) is 0.656. The minimum absolute atomic E-state index is 0.0391. The summed E-state index contributed by atoms with van der Waals surface area (Å²) in [6.07, 6.45) is -1.01. The number of carboxylic acid groups (broad SMARTS) is 2. The first kappa shape index (κ1) is 26.3. The Morgan fingerprint density at radius 2 is 1.47 bits per heavy atom. The zero-order valence-corrected chi connectivity index (χ0v) is 17.1. The number of aromatic hydroxyl groups is 1. The molecular weight excluding hydrogens is 428 g/mol. The number of aliphatic hydroxyl groups excluding tert-OH is 1. The highest BCUT2D eigenvalue weighted by atomic mass is 16.4. The van der Waals surface area contributed by atoms with E-state index in [9.17, 15) is 29.1 Å². The van der Waals surface area contributed by atoms with Crippen LogP contribution in [0.5, 0.6) is 5.75 Å². The number of phenols is 1. The van der Waals surface area contributed by atoms with Gasteiger partial charge in [-0.25, -0.2) is 4.79 Å². The van der Waals surface area contributed by atoms with Gasteiger partial charge in [-0.3, -0.25) is 19.2 Å². The average molecular weight is 454 g/mol. The van der Waals surface area contributed by atoms with E-state index in [0.29, 0.717) is 5.56 Å². The fourth-order valence-corrected chi connectivity index (χ4v) is 2.49. The van der Waals surface area contributed by atoms with E-state index < -0.39 is 66.9 Å². The highest BCUT2D eigenvalue weighted by Gasteiger charge is 2.30. The minimum atomic E-state index is -1.74. The number of nitrogens with two attached hydrogens (primary N) is 1. The van der Waals surface area contributed by atoms with E-state index in [2.05, 4.69) is 16.0 Å². The Bertz CT molecular complexity index is 844. The number of nitrogens with one attached hydrogen (secondary N) is 3. The fourth-order valence-electron chi connectivity index (χ4n) is 2.49. The number of phenolic OH excluding ortho intramolecular Hbond substituents is 1. The zero-order chi connectivity index (χ0) is 24.4. The maximum absolute atomic E-state index is 12.7. The van der Waals surface area contributed by atoms with Crippen molar-refractivity contribution in [1.82, 2.24) is 16.0 Å². The molecule has 0 aliphatic heterocycles. The Balaban J connectivity index is 3.00. The van der Waals surface area contributed by atoms with Gasteiger partial charge in [-0.2, -0.15) is 0 Å². The summed E-state index contributed by atoms with van der Waals surface area (Å²) in [5.74, 6) is -5.65. The van der Waals surface area contributed by atoms with Crippen molar-refractivity contribution >= 4 is 29.7 Å². The lowest BCUT2D eigenvalue weighted by atomic mass is 10.0. The molecule has 3 amide bonds. The zero-order valence-electron chi connectivity index (χ0n) is 17.1. The van der Waals surface area contributed by atoms with E-state index in [4.69, 9.17) is 21.1 Å². The van der Waals surface area contributed by atoms with Crippen LogP contribution in [0.15, 0.2) is 24.3 Å². The molecule has 0 aliphatic rings. The Morgan fingerprint density at radius 3 is 1.97 bits per heavy atom. The van der Waals surface area contributed by atoms with E-state index >= 15 is 0 Å². The second kappa shape index (κ2) is 12.2. The molecule has 0 spiro atoms. The number of amides is 3. The number of benzene rings is 1. The topological polar surface area (TPSA) is 228 Å². The lowest BCUT2D eigenvalue weighted by molar-refractivity contribution is -0.147. The third-order valence-corrected chi connectivity index (χ3v) is 4.29. The number of rotatable bonds is 12. The smallest absolute Gasteiger partial charge is 0.326 e. The van der Waals surface area contributed by atoms with Gasteiger partial charge in [-0.1, -0.05) is 12.1 Å². The first-order chi connectivity index (χ1) is 14.9. The molecular formula is C19H26N4O9. The molecule has 13 heteroatoms. The lowest BCUT2D eigenvalue weighted by Crippen LogP contribution is -2.57. The molecule has 0 radical (unpaired) electrons. The van der Waals surface area contributed by atoms with Crippen LogP contribution in [-0.2, 0) is 30.4 Å². The second-order valence-corrected chi connectivity index (χ2v) is 6.95. The summed E-state index contributed by atoms with van der Waals surface area (Å²) in [5, 5.41) is 43.0. The fraction of sp³-hybridized carbons (Fsp3) is 0.421. The maximum Gasteiger partial charge on any atom is 0.326 e. The first-order valence-electron chi connectivity index (χ1n) is 9.44. The van der Waals surface area contributed by atoms with Crippen molar-refractivity contribution in [2.45, 2.75) is 43.9 Å². The van der Waals surface area contributed by atoms with Crippen molar-refractivity contribution < 1.29 is 44.4 Å². The van der Waals surface area contributed by atoms with Crippen molar-refractivity contribution in [1.29, 1.82) is 0 Å². The molecule has 32 heavy (non-hydrogen) atoms. The van der Waals surface area contributed by atoms with Gasteiger partial charge in [0.05, 0.1) is 13.0 Å². The number of aliphatic carboxylic acids is 2. The highest BCUT2D eigenvalue weighted by Crippen LogP contribution is 2.12. The predicted molar refractivity (Wildman–Crippen MR) is 108 cm³/mol. The molecule has 4 atom stereocenters. The summed E-state index contributed by atoms with van der Waals surface area (Å²) >= 11 is 0. The van der Waals surface area contributed by atoms with Gasteiger partial charge < -0.3 is 42.1 Å². The quantitative estimate of drug-likeness (QED) is 0.163. The molecule has 0 fully saturated rings. The van der Waals surface area contributed by atoms with Crippen LogP contribution in [0.4, 0.5) is 0 Å².